The Balaban J connectivity index is 1.54. The van der Waals surface area contributed by atoms with Crippen molar-refractivity contribution in [1.82, 2.24) is 39.8 Å². The van der Waals surface area contributed by atoms with Gasteiger partial charge in [0, 0.05) is 11.6 Å². The number of aromatic nitrogens is 6. The van der Waals surface area contributed by atoms with Crippen LogP contribution in [0, 0.1) is 6.92 Å². The summed E-state index contributed by atoms with van der Waals surface area (Å²) in [6, 6.07) is 5.79. The Bertz CT molecular complexity index is 1430. The number of carbonyl (C=O) groups is 2. The molecule has 4 heterocycles. The van der Waals surface area contributed by atoms with Gasteiger partial charge in [0.2, 0.25) is 11.9 Å². The number of hydrogen-bond acceptors (Lipinski definition) is 7. The predicted octanol–water partition coefficient (Wildman–Crippen LogP) is 1.53. The number of fused-ring (bicyclic) bond motifs is 2. The van der Waals surface area contributed by atoms with E-state index in [0.717, 1.165) is 29.4 Å². The molecule has 1 aliphatic carbocycles. The Morgan fingerprint density at radius 3 is 2.84 bits per heavy atom. The van der Waals surface area contributed by atoms with Crippen LogP contribution >= 0.6 is 0 Å². The highest BCUT2D eigenvalue weighted by Crippen LogP contribution is 2.26. The first-order valence-electron chi connectivity index (χ1n) is 9.85. The van der Waals surface area contributed by atoms with Crippen LogP contribution in [-0.2, 0) is 4.79 Å². The SMILES string of the molecule is Cc1ccc2c(c1)ncn2-c1nc(NC2CC2)n2ncc(/C=C3\NC(=O)NC3=O)c2n1. The average molecular weight is 415 g/mol. The average Bonchev–Trinajstić information content (AvgIpc) is 3.17. The molecule has 6 rings (SSSR count). The molecule has 0 bridgehead atoms. The molecule has 1 aromatic carbocycles. The lowest BCUT2D eigenvalue weighted by atomic mass is 10.2. The van der Waals surface area contributed by atoms with E-state index in [4.69, 9.17) is 9.97 Å². The maximum absolute atomic E-state index is 11.9. The summed E-state index contributed by atoms with van der Waals surface area (Å²) in [6.45, 7) is 2.02. The molecule has 0 radical (unpaired) electrons. The molecule has 11 heteroatoms. The van der Waals surface area contributed by atoms with Crippen LogP contribution in [0.25, 0.3) is 28.7 Å². The summed E-state index contributed by atoms with van der Waals surface area (Å²) < 4.78 is 3.42. The number of urea groups is 1. The fourth-order valence-corrected chi connectivity index (χ4v) is 3.52. The van der Waals surface area contributed by atoms with Crippen LogP contribution in [0.15, 0.2) is 36.4 Å². The molecule has 1 saturated carbocycles. The summed E-state index contributed by atoms with van der Waals surface area (Å²) in [6.07, 6.45) is 6.97. The van der Waals surface area contributed by atoms with Crippen LogP contribution in [-0.4, -0.2) is 47.1 Å². The Hall–Kier alpha value is -4.28. The monoisotopic (exact) mass is 415 g/mol. The highest BCUT2D eigenvalue weighted by atomic mass is 16.2. The van der Waals surface area contributed by atoms with Crippen LogP contribution in [0.3, 0.4) is 0 Å². The minimum absolute atomic E-state index is 0.139. The van der Waals surface area contributed by atoms with Crippen molar-refractivity contribution in [2.75, 3.05) is 5.32 Å². The number of rotatable bonds is 4. The largest absolute Gasteiger partial charge is 0.351 e. The summed E-state index contributed by atoms with van der Waals surface area (Å²) in [5, 5.41) is 12.5. The topological polar surface area (TPSA) is 131 Å². The highest BCUT2D eigenvalue weighted by molar-refractivity contribution is 6.14. The van der Waals surface area contributed by atoms with Gasteiger partial charge in [-0.05, 0) is 43.5 Å². The summed E-state index contributed by atoms with van der Waals surface area (Å²) >= 11 is 0. The summed E-state index contributed by atoms with van der Waals surface area (Å²) in [5.41, 5.74) is 4.07. The van der Waals surface area contributed by atoms with E-state index in [-0.39, 0.29) is 5.70 Å². The molecule has 3 amide bonds. The third-order valence-electron chi connectivity index (χ3n) is 5.23. The first-order valence-corrected chi connectivity index (χ1v) is 9.85. The molecular weight excluding hydrogens is 398 g/mol. The van der Waals surface area contributed by atoms with Crippen LogP contribution in [0.2, 0.25) is 0 Å². The summed E-state index contributed by atoms with van der Waals surface area (Å²) in [5.74, 6) is 0.494. The molecule has 0 atom stereocenters. The molecule has 2 aliphatic rings. The van der Waals surface area contributed by atoms with E-state index >= 15 is 0 Å². The fourth-order valence-electron chi connectivity index (χ4n) is 3.52. The van der Waals surface area contributed by atoms with Gasteiger partial charge in [0.1, 0.15) is 12.0 Å². The highest BCUT2D eigenvalue weighted by Gasteiger charge is 2.26. The van der Waals surface area contributed by atoms with E-state index in [1.807, 2.05) is 29.7 Å². The van der Waals surface area contributed by atoms with Gasteiger partial charge in [0.05, 0.1) is 17.2 Å². The molecule has 11 nitrogen and oxygen atoms in total. The Labute approximate surface area is 175 Å². The van der Waals surface area contributed by atoms with Crippen molar-refractivity contribution < 1.29 is 9.59 Å². The van der Waals surface area contributed by atoms with E-state index < -0.39 is 11.9 Å². The maximum atomic E-state index is 11.9. The zero-order valence-electron chi connectivity index (χ0n) is 16.5. The van der Waals surface area contributed by atoms with Crippen LogP contribution in [0.5, 0.6) is 0 Å². The van der Waals surface area contributed by atoms with Crippen molar-refractivity contribution in [3.8, 4) is 5.95 Å². The zero-order chi connectivity index (χ0) is 21.1. The minimum atomic E-state index is -0.556. The molecule has 31 heavy (non-hydrogen) atoms. The molecule has 2 fully saturated rings. The quantitative estimate of drug-likeness (QED) is 0.340. The van der Waals surface area contributed by atoms with Gasteiger partial charge in [-0.1, -0.05) is 6.07 Å². The zero-order valence-corrected chi connectivity index (χ0v) is 16.5. The van der Waals surface area contributed by atoms with Gasteiger partial charge in [-0.3, -0.25) is 14.7 Å². The van der Waals surface area contributed by atoms with Gasteiger partial charge in [0.25, 0.3) is 5.91 Å². The Kier molecular flexibility index (Phi) is 3.60. The molecule has 1 saturated heterocycles. The molecule has 0 unspecified atom stereocenters. The number of benzene rings is 1. The molecular formula is C20H17N9O2. The van der Waals surface area contributed by atoms with Crippen molar-refractivity contribution in [3.63, 3.8) is 0 Å². The maximum Gasteiger partial charge on any atom is 0.326 e. The molecule has 154 valence electrons. The number of aryl methyl sites for hydroxylation is 1. The summed E-state index contributed by atoms with van der Waals surface area (Å²) in [7, 11) is 0. The number of anilines is 1. The fraction of sp³-hybridized carbons (Fsp3) is 0.200. The minimum Gasteiger partial charge on any atom is -0.351 e. The van der Waals surface area contributed by atoms with Crippen LogP contribution < -0.4 is 16.0 Å². The molecule has 3 aromatic heterocycles. The van der Waals surface area contributed by atoms with Gasteiger partial charge in [-0.25, -0.2) is 9.78 Å². The summed E-state index contributed by atoms with van der Waals surface area (Å²) in [4.78, 5) is 37.3. The standard InChI is InChI=1S/C20H17N9O2/c1-10-2-5-15-13(6-10)21-9-28(15)18-25-16-11(7-14-17(30)26-20(31)24-14)8-22-29(16)19(27-18)23-12-3-4-12/h2,5-9,12H,3-4H2,1H3,(H,23,25,27)(H2,24,26,30,31)/b14-7-. The first-order chi connectivity index (χ1) is 15.0. The Morgan fingerprint density at radius 1 is 1.19 bits per heavy atom. The van der Waals surface area contributed by atoms with Crippen molar-refractivity contribution in [2.45, 2.75) is 25.8 Å². The predicted molar refractivity (Wildman–Crippen MR) is 111 cm³/mol. The van der Waals surface area contributed by atoms with E-state index in [9.17, 15) is 9.59 Å². The second-order valence-corrected chi connectivity index (χ2v) is 7.67. The number of nitrogens with one attached hydrogen (secondary N) is 3. The first kappa shape index (κ1) is 17.6. The lowest BCUT2D eigenvalue weighted by Gasteiger charge is -2.10. The molecule has 3 N–H and O–H groups in total. The van der Waals surface area contributed by atoms with Gasteiger partial charge in [0.15, 0.2) is 5.65 Å². The number of nitrogens with zero attached hydrogens (tertiary/aromatic N) is 6. The molecule has 4 aromatic rings. The van der Waals surface area contributed by atoms with Crippen LogP contribution in [0.1, 0.15) is 24.0 Å². The normalized spacial score (nSPS) is 17.5. The number of hydrogen-bond donors (Lipinski definition) is 3. The van der Waals surface area contributed by atoms with E-state index in [1.54, 1.807) is 23.1 Å². The lowest BCUT2D eigenvalue weighted by molar-refractivity contribution is -0.115. The third kappa shape index (κ3) is 2.98. The van der Waals surface area contributed by atoms with Gasteiger partial charge in [-0.2, -0.15) is 19.6 Å². The second kappa shape index (κ2) is 6.36. The molecule has 1 aliphatic heterocycles. The number of imidazole rings is 1. The van der Waals surface area contributed by atoms with Gasteiger partial charge in [-0.15, -0.1) is 0 Å². The number of carbonyl (C=O) groups excluding carboxylic acids is 2. The van der Waals surface area contributed by atoms with Crippen molar-refractivity contribution in [2.24, 2.45) is 0 Å². The van der Waals surface area contributed by atoms with Gasteiger partial charge >= 0.3 is 6.03 Å². The lowest BCUT2D eigenvalue weighted by Crippen LogP contribution is -2.22. The van der Waals surface area contributed by atoms with E-state index in [1.165, 1.54) is 0 Å². The Morgan fingerprint density at radius 2 is 2.06 bits per heavy atom. The van der Waals surface area contributed by atoms with Gasteiger partial charge < -0.3 is 10.6 Å². The third-order valence-corrected chi connectivity index (χ3v) is 5.23. The van der Waals surface area contributed by atoms with Crippen molar-refractivity contribution in [3.05, 3.63) is 47.5 Å². The van der Waals surface area contributed by atoms with Crippen molar-refractivity contribution >= 4 is 40.6 Å². The van der Waals surface area contributed by atoms with E-state index in [2.05, 4.69) is 26.0 Å². The number of imide groups is 1. The molecule has 0 spiro atoms. The van der Waals surface area contributed by atoms with E-state index in [0.29, 0.717) is 29.1 Å². The van der Waals surface area contributed by atoms with Crippen LogP contribution in [0.4, 0.5) is 10.7 Å². The second-order valence-electron chi connectivity index (χ2n) is 7.67. The van der Waals surface area contributed by atoms with Crippen molar-refractivity contribution in [1.29, 1.82) is 0 Å². The smallest absolute Gasteiger partial charge is 0.326 e. The number of amides is 3.